The number of nitrogens with zero attached hydrogens (tertiary/aromatic N) is 2. The highest BCUT2D eigenvalue weighted by Crippen LogP contribution is 2.15. The molecule has 1 amide bonds. The molecule has 0 saturated carbocycles. The highest BCUT2D eigenvalue weighted by Gasteiger charge is 2.18. The van der Waals surface area contributed by atoms with Gasteiger partial charge in [-0.3, -0.25) is 4.79 Å². The van der Waals surface area contributed by atoms with E-state index in [4.69, 9.17) is 11.0 Å². The van der Waals surface area contributed by atoms with Crippen LogP contribution in [0, 0.1) is 11.3 Å². The van der Waals surface area contributed by atoms with E-state index in [0.29, 0.717) is 17.7 Å². The summed E-state index contributed by atoms with van der Waals surface area (Å²) in [5, 5.41) is 8.80. The van der Waals surface area contributed by atoms with E-state index in [1.54, 1.807) is 31.3 Å². The molecule has 0 aliphatic heterocycles. The molecule has 1 atom stereocenters. The predicted molar refractivity (Wildman–Crippen MR) is 67.5 cm³/mol. The van der Waals surface area contributed by atoms with Crippen molar-refractivity contribution in [2.24, 2.45) is 5.73 Å². The van der Waals surface area contributed by atoms with Gasteiger partial charge in [-0.2, -0.15) is 5.26 Å². The van der Waals surface area contributed by atoms with Crippen molar-refractivity contribution in [3.63, 3.8) is 0 Å². The standard InChI is InChI=1S/C13H17N3O/c1-3-5-12(15)13(17)16(2)11-7-4-6-10(8-11)9-14/h4,6-8,12H,3,5,15H2,1-2H3/t12-/m0/s1. The summed E-state index contributed by atoms with van der Waals surface area (Å²) >= 11 is 0. The third-order valence-corrected chi connectivity index (χ3v) is 2.61. The third-order valence-electron chi connectivity index (χ3n) is 2.61. The van der Waals surface area contributed by atoms with Gasteiger partial charge in [-0.15, -0.1) is 0 Å². The van der Waals surface area contributed by atoms with Crippen LogP contribution < -0.4 is 10.6 Å². The summed E-state index contributed by atoms with van der Waals surface area (Å²) in [6, 6.07) is 8.49. The maximum atomic E-state index is 12.0. The van der Waals surface area contributed by atoms with Crippen LogP contribution in [-0.4, -0.2) is 19.0 Å². The number of nitrogens with two attached hydrogens (primary N) is 1. The molecule has 4 nitrogen and oxygen atoms in total. The Morgan fingerprint density at radius 2 is 2.29 bits per heavy atom. The number of benzene rings is 1. The highest BCUT2D eigenvalue weighted by molar-refractivity contribution is 5.96. The average Bonchev–Trinajstić information content (AvgIpc) is 2.37. The molecule has 0 aliphatic rings. The van der Waals surface area contributed by atoms with E-state index in [-0.39, 0.29) is 5.91 Å². The van der Waals surface area contributed by atoms with E-state index >= 15 is 0 Å². The van der Waals surface area contributed by atoms with Gasteiger partial charge in [0.15, 0.2) is 0 Å². The Kier molecular flexibility index (Phi) is 4.68. The van der Waals surface area contributed by atoms with E-state index in [2.05, 4.69) is 0 Å². The molecule has 0 fully saturated rings. The first-order valence-electron chi connectivity index (χ1n) is 5.63. The molecule has 0 saturated heterocycles. The number of hydrogen-bond acceptors (Lipinski definition) is 3. The summed E-state index contributed by atoms with van der Waals surface area (Å²) in [5.74, 6) is -0.123. The van der Waals surface area contributed by atoms with Gasteiger partial charge in [0.25, 0.3) is 0 Å². The number of likely N-dealkylation sites (N-methyl/N-ethyl adjacent to an activating group) is 1. The molecule has 0 aromatic heterocycles. The number of rotatable bonds is 4. The van der Waals surface area contributed by atoms with Crippen molar-refractivity contribution in [2.45, 2.75) is 25.8 Å². The van der Waals surface area contributed by atoms with Crippen molar-refractivity contribution in [1.82, 2.24) is 0 Å². The zero-order chi connectivity index (χ0) is 12.8. The number of hydrogen-bond donors (Lipinski definition) is 1. The van der Waals surface area contributed by atoms with Crippen LogP contribution in [0.3, 0.4) is 0 Å². The lowest BCUT2D eigenvalue weighted by atomic mass is 10.1. The molecule has 0 radical (unpaired) electrons. The molecule has 0 aliphatic carbocycles. The molecule has 90 valence electrons. The van der Waals surface area contributed by atoms with Gasteiger partial charge >= 0.3 is 0 Å². The Hall–Kier alpha value is -1.86. The molecular formula is C13H17N3O. The van der Waals surface area contributed by atoms with Crippen LogP contribution in [-0.2, 0) is 4.79 Å². The summed E-state index contributed by atoms with van der Waals surface area (Å²) in [6.07, 6.45) is 1.54. The van der Waals surface area contributed by atoms with Crippen molar-refractivity contribution >= 4 is 11.6 Å². The lowest BCUT2D eigenvalue weighted by Gasteiger charge is -2.21. The molecule has 0 spiro atoms. The van der Waals surface area contributed by atoms with Crippen LogP contribution in [0.25, 0.3) is 0 Å². The third kappa shape index (κ3) is 3.30. The number of anilines is 1. The van der Waals surface area contributed by atoms with Crippen molar-refractivity contribution in [3.05, 3.63) is 29.8 Å². The molecule has 17 heavy (non-hydrogen) atoms. The van der Waals surface area contributed by atoms with Gasteiger partial charge in [-0.1, -0.05) is 19.4 Å². The SMILES string of the molecule is CCC[C@H](N)C(=O)N(C)c1cccc(C#N)c1. The highest BCUT2D eigenvalue weighted by atomic mass is 16.2. The average molecular weight is 231 g/mol. The van der Waals surface area contributed by atoms with Crippen molar-refractivity contribution in [2.75, 3.05) is 11.9 Å². The number of nitriles is 1. The molecule has 4 heteroatoms. The van der Waals surface area contributed by atoms with Crippen molar-refractivity contribution < 1.29 is 4.79 Å². The normalized spacial score (nSPS) is 11.6. The topological polar surface area (TPSA) is 70.1 Å². The maximum Gasteiger partial charge on any atom is 0.243 e. The van der Waals surface area contributed by atoms with Gasteiger partial charge < -0.3 is 10.6 Å². The number of carbonyl (C=O) groups excluding carboxylic acids is 1. The summed E-state index contributed by atoms with van der Waals surface area (Å²) in [5.41, 5.74) is 7.01. The molecule has 0 unspecified atom stereocenters. The summed E-state index contributed by atoms with van der Waals surface area (Å²) in [6.45, 7) is 1.99. The van der Waals surface area contributed by atoms with E-state index in [0.717, 1.165) is 6.42 Å². The van der Waals surface area contributed by atoms with Crippen LogP contribution in [0.4, 0.5) is 5.69 Å². The fraction of sp³-hybridized carbons (Fsp3) is 0.385. The van der Waals surface area contributed by atoms with E-state index in [1.807, 2.05) is 13.0 Å². The fourth-order valence-electron chi connectivity index (χ4n) is 1.59. The quantitative estimate of drug-likeness (QED) is 0.856. The Labute approximate surface area is 102 Å². The van der Waals surface area contributed by atoms with Crippen molar-refractivity contribution in [3.8, 4) is 6.07 Å². The summed E-state index contributed by atoms with van der Waals surface area (Å²) in [4.78, 5) is 13.5. The second kappa shape index (κ2) is 6.02. The second-order valence-electron chi connectivity index (χ2n) is 3.95. The Morgan fingerprint density at radius 3 is 2.88 bits per heavy atom. The Morgan fingerprint density at radius 1 is 1.59 bits per heavy atom. The predicted octanol–water partition coefficient (Wildman–Crippen LogP) is 1.65. The second-order valence-corrected chi connectivity index (χ2v) is 3.95. The molecule has 1 aromatic rings. The van der Waals surface area contributed by atoms with Gasteiger partial charge in [-0.25, -0.2) is 0 Å². The van der Waals surface area contributed by atoms with E-state index in [1.165, 1.54) is 4.90 Å². The minimum Gasteiger partial charge on any atom is -0.320 e. The Balaban J connectivity index is 2.85. The minimum atomic E-state index is -0.476. The van der Waals surface area contributed by atoms with Gasteiger partial charge in [-0.05, 0) is 24.6 Å². The van der Waals surface area contributed by atoms with E-state index < -0.39 is 6.04 Å². The molecule has 1 rings (SSSR count). The molecule has 0 heterocycles. The van der Waals surface area contributed by atoms with E-state index in [9.17, 15) is 4.79 Å². The van der Waals surface area contributed by atoms with Crippen LogP contribution in [0.1, 0.15) is 25.3 Å². The van der Waals surface area contributed by atoms with Gasteiger partial charge in [0.2, 0.25) is 5.91 Å². The largest absolute Gasteiger partial charge is 0.320 e. The van der Waals surface area contributed by atoms with Crippen LogP contribution in [0.15, 0.2) is 24.3 Å². The Bertz CT molecular complexity index is 437. The zero-order valence-corrected chi connectivity index (χ0v) is 10.2. The molecular weight excluding hydrogens is 214 g/mol. The first-order chi connectivity index (χ1) is 8.10. The van der Waals surface area contributed by atoms with Gasteiger partial charge in [0.05, 0.1) is 17.7 Å². The molecule has 0 bridgehead atoms. The lowest BCUT2D eigenvalue weighted by Crippen LogP contribution is -2.41. The van der Waals surface area contributed by atoms with Gasteiger partial charge in [0, 0.05) is 12.7 Å². The minimum absolute atomic E-state index is 0.123. The molecule has 1 aromatic carbocycles. The van der Waals surface area contributed by atoms with Crippen LogP contribution in [0.5, 0.6) is 0 Å². The van der Waals surface area contributed by atoms with Gasteiger partial charge in [0.1, 0.15) is 0 Å². The summed E-state index contributed by atoms with van der Waals surface area (Å²) in [7, 11) is 1.67. The lowest BCUT2D eigenvalue weighted by molar-refractivity contribution is -0.119. The maximum absolute atomic E-state index is 12.0. The monoisotopic (exact) mass is 231 g/mol. The first kappa shape index (κ1) is 13.2. The smallest absolute Gasteiger partial charge is 0.243 e. The summed E-state index contributed by atoms with van der Waals surface area (Å²) < 4.78 is 0. The van der Waals surface area contributed by atoms with Crippen LogP contribution >= 0.6 is 0 Å². The first-order valence-corrected chi connectivity index (χ1v) is 5.63. The number of carbonyl (C=O) groups is 1. The van der Waals surface area contributed by atoms with Crippen molar-refractivity contribution in [1.29, 1.82) is 5.26 Å². The van der Waals surface area contributed by atoms with Crippen LogP contribution in [0.2, 0.25) is 0 Å². The zero-order valence-electron chi connectivity index (χ0n) is 10.2. The fourth-order valence-corrected chi connectivity index (χ4v) is 1.59. The number of amides is 1. The molecule has 2 N–H and O–H groups in total.